The summed E-state index contributed by atoms with van der Waals surface area (Å²) in [4.78, 5) is 23.7. The van der Waals surface area contributed by atoms with E-state index in [4.69, 9.17) is 11.0 Å². The van der Waals surface area contributed by atoms with Crippen molar-refractivity contribution in [1.29, 1.82) is 5.26 Å². The molecule has 2 rings (SSSR count). The summed E-state index contributed by atoms with van der Waals surface area (Å²) in [6.07, 6.45) is 0.189. The fourth-order valence-electron chi connectivity index (χ4n) is 2.18. The van der Waals surface area contributed by atoms with Gasteiger partial charge < -0.3 is 11.1 Å². The summed E-state index contributed by atoms with van der Waals surface area (Å²) < 4.78 is 0. The van der Waals surface area contributed by atoms with Crippen LogP contribution in [-0.4, -0.2) is 18.4 Å². The maximum atomic E-state index is 12.1. The zero-order valence-electron chi connectivity index (χ0n) is 11.4. The monoisotopic (exact) mass is 281 g/mol. The van der Waals surface area contributed by atoms with E-state index in [1.807, 2.05) is 36.4 Å². The highest BCUT2D eigenvalue weighted by Crippen LogP contribution is 2.22. The minimum absolute atomic E-state index is 0.189. The fraction of sp³-hybridized carbons (Fsp3) is 0.188. The number of hydrogen-bond acceptors (Lipinski definition) is 3. The van der Waals surface area contributed by atoms with Crippen LogP contribution >= 0.6 is 0 Å². The van der Waals surface area contributed by atoms with Gasteiger partial charge in [0.1, 0.15) is 5.92 Å². The number of primary amides is 1. The van der Waals surface area contributed by atoms with Crippen LogP contribution in [0.15, 0.2) is 42.5 Å². The highest BCUT2D eigenvalue weighted by Gasteiger charge is 2.26. The molecule has 1 atom stereocenters. The molecule has 0 aliphatic rings. The van der Waals surface area contributed by atoms with E-state index in [9.17, 15) is 9.59 Å². The third kappa shape index (κ3) is 3.37. The standard InChI is InChI=1S/C16H15N3O2/c17-8-3-9-19-16(21)14(15(18)20)13-7-6-11-4-1-2-5-12(11)10-13/h1-2,4-7,10,14H,3,9H2,(H2,18,20)(H,19,21). The lowest BCUT2D eigenvalue weighted by Gasteiger charge is -2.14. The van der Waals surface area contributed by atoms with Gasteiger partial charge in [0.05, 0.1) is 12.5 Å². The van der Waals surface area contributed by atoms with Crippen molar-refractivity contribution in [3.8, 4) is 6.07 Å². The van der Waals surface area contributed by atoms with E-state index in [-0.39, 0.29) is 13.0 Å². The molecule has 1 unspecified atom stereocenters. The van der Waals surface area contributed by atoms with Gasteiger partial charge in [-0.25, -0.2) is 0 Å². The third-order valence-electron chi connectivity index (χ3n) is 3.19. The zero-order valence-corrected chi connectivity index (χ0v) is 11.4. The Bertz CT molecular complexity index is 719. The Morgan fingerprint density at radius 3 is 2.57 bits per heavy atom. The first-order chi connectivity index (χ1) is 10.1. The molecule has 0 aliphatic carbocycles. The zero-order chi connectivity index (χ0) is 15.2. The van der Waals surface area contributed by atoms with Crippen molar-refractivity contribution in [2.45, 2.75) is 12.3 Å². The van der Waals surface area contributed by atoms with Gasteiger partial charge in [-0.15, -0.1) is 0 Å². The number of hydrogen-bond donors (Lipinski definition) is 2. The number of fused-ring (bicyclic) bond motifs is 1. The molecule has 21 heavy (non-hydrogen) atoms. The predicted octanol–water partition coefficient (Wildman–Crippen LogP) is 1.44. The Hall–Kier alpha value is -2.87. The van der Waals surface area contributed by atoms with Gasteiger partial charge in [0, 0.05) is 6.54 Å². The third-order valence-corrected chi connectivity index (χ3v) is 3.19. The average molecular weight is 281 g/mol. The second kappa shape index (κ2) is 6.53. The molecule has 2 aromatic rings. The van der Waals surface area contributed by atoms with Crippen molar-refractivity contribution in [3.05, 3.63) is 48.0 Å². The molecular weight excluding hydrogens is 266 g/mol. The number of amides is 2. The largest absolute Gasteiger partial charge is 0.369 e. The van der Waals surface area contributed by atoms with Crippen LogP contribution in [0.5, 0.6) is 0 Å². The van der Waals surface area contributed by atoms with Crippen molar-refractivity contribution >= 4 is 22.6 Å². The summed E-state index contributed by atoms with van der Waals surface area (Å²) in [5.74, 6) is -2.24. The van der Waals surface area contributed by atoms with Gasteiger partial charge in [0.15, 0.2) is 0 Å². The minimum atomic E-state index is -1.05. The molecule has 0 saturated carbocycles. The van der Waals surface area contributed by atoms with Crippen molar-refractivity contribution in [3.63, 3.8) is 0 Å². The Kier molecular flexibility index (Phi) is 4.52. The summed E-state index contributed by atoms with van der Waals surface area (Å²) in [5, 5.41) is 13.0. The smallest absolute Gasteiger partial charge is 0.237 e. The second-order valence-corrected chi connectivity index (χ2v) is 4.64. The maximum Gasteiger partial charge on any atom is 0.237 e. The number of carbonyl (C=O) groups excluding carboxylic acids is 2. The number of nitrogens with zero attached hydrogens (tertiary/aromatic N) is 1. The van der Waals surface area contributed by atoms with E-state index in [1.165, 1.54) is 0 Å². The molecule has 0 saturated heterocycles. The molecule has 0 heterocycles. The first-order valence-corrected chi connectivity index (χ1v) is 6.56. The molecule has 5 heteroatoms. The molecule has 0 radical (unpaired) electrons. The fourth-order valence-corrected chi connectivity index (χ4v) is 2.18. The van der Waals surface area contributed by atoms with Gasteiger partial charge in [0.2, 0.25) is 11.8 Å². The summed E-state index contributed by atoms with van der Waals surface area (Å²) in [6.45, 7) is 0.201. The first kappa shape index (κ1) is 14.5. The van der Waals surface area contributed by atoms with E-state index in [0.29, 0.717) is 5.56 Å². The highest BCUT2D eigenvalue weighted by molar-refractivity contribution is 6.05. The SMILES string of the molecule is N#CCCNC(=O)C(C(N)=O)c1ccc2ccccc2c1. The van der Waals surface area contributed by atoms with Gasteiger partial charge in [-0.2, -0.15) is 5.26 Å². The van der Waals surface area contributed by atoms with Crippen molar-refractivity contribution in [1.82, 2.24) is 5.32 Å². The minimum Gasteiger partial charge on any atom is -0.369 e. The molecule has 0 aliphatic heterocycles. The van der Waals surface area contributed by atoms with Crippen LogP contribution in [0.25, 0.3) is 10.8 Å². The normalized spacial score (nSPS) is 11.6. The van der Waals surface area contributed by atoms with E-state index in [2.05, 4.69) is 5.32 Å². The highest BCUT2D eigenvalue weighted by atomic mass is 16.2. The van der Waals surface area contributed by atoms with Crippen LogP contribution in [0.4, 0.5) is 0 Å². The Morgan fingerprint density at radius 2 is 1.90 bits per heavy atom. The number of rotatable bonds is 5. The first-order valence-electron chi connectivity index (χ1n) is 6.56. The van der Waals surface area contributed by atoms with E-state index in [0.717, 1.165) is 10.8 Å². The van der Waals surface area contributed by atoms with E-state index in [1.54, 1.807) is 12.1 Å². The second-order valence-electron chi connectivity index (χ2n) is 4.64. The molecule has 0 aromatic heterocycles. The van der Waals surface area contributed by atoms with Crippen LogP contribution in [0.1, 0.15) is 17.9 Å². The molecule has 2 aromatic carbocycles. The van der Waals surface area contributed by atoms with Crippen LogP contribution in [0, 0.1) is 11.3 Å². The average Bonchev–Trinajstić information content (AvgIpc) is 2.47. The Labute approximate surface area is 122 Å². The van der Waals surface area contributed by atoms with Crippen LogP contribution in [-0.2, 0) is 9.59 Å². The summed E-state index contributed by atoms with van der Waals surface area (Å²) in [7, 11) is 0. The lowest BCUT2D eigenvalue weighted by Crippen LogP contribution is -2.37. The van der Waals surface area contributed by atoms with Gasteiger partial charge in [0.25, 0.3) is 0 Å². The van der Waals surface area contributed by atoms with E-state index >= 15 is 0 Å². The molecule has 3 N–H and O–H groups in total. The number of nitrogens with one attached hydrogen (secondary N) is 1. The summed E-state index contributed by atoms with van der Waals surface area (Å²) >= 11 is 0. The Balaban J connectivity index is 2.30. The molecule has 0 fully saturated rings. The topological polar surface area (TPSA) is 96.0 Å². The van der Waals surface area contributed by atoms with Gasteiger partial charge in [-0.3, -0.25) is 9.59 Å². The van der Waals surface area contributed by atoms with Crippen LogP contribution < -0.4 is 11.1 Å². The van der Waals surface area contributed by atoms with Crippen LogP contribution in [0.2, 0.25) is 0 Å². The van der Waals surface area contributed by atoms with Crippen molar-refractivity contribution < 1.29 is 9.59 Å². The van der Waals surface area contributed by atoms with Crippen molar-refractivity contribution in [2.75, 3.05) is 6.54 Å². The molecule has 5 nitrogen and oxygen atoms in total. The number of nitriles is 1. The van der Waals surface area contributed by atoms with Gasteiger partial charge in [-0.1, -0.05) is 36.4 Å². The summed E-state index contributed by atoms with van der Waals surface area (Å²) in [6, 6.07) is 14.9. The molecule has 0 bridgehead atoms. The van der Waals surface area contributed by atoms with E-state index < -0.39 is 17.7 Å². The van der Waals surface area contributed by atoms with Gasteiger partial charge >= 0.3 is 0 Å². The molecule has 106 valence electrons. The van der Waals surface area contributed by atoms with Gasteiger partial charge in [-0.05, 0) is 22.4 Å². The summed E-state index contributed by atoms with van der Waals surface area (Å²) in [5.41, 5.74) is 5.90. The predicted molar refractivity (Wildman–Crippen MR) is 79.1 cm³/mol. The Morgan fingerprint density at radius 1 is 1.19 bits per heavy atom. The van der Waals surface area contributed by atoms with Crippen LogP contribution in [0.3, 0.4) is 0 Å². The van der Waals surface area contributed by atoms with Crippen molar-refractivity contribution in [2.24, 2.45) is 5.73 Å². The number of benzene rings is 2. The number of nitrogens with two attached hydrogens (primary N) is 1. The lowest BCUT2D eigenvalue weighted by atomic mass is 9.95. The molecule has 2 amide bonds. The lowest BCUT2D eigenvalue weighted by molar-refractivity contribution is -0.129. The quantitative estimate of drug-likeness (QED) is 0.641. The number of carbonyl (C=O) groups is 2. The maximum absolute atomic E-state index is 12.1. The molecular formula is C16H15N3O2. The molecule has 0 spiro atoms.